The molecule has 0 unspecified atom stereocenters. The Morgan fingerprint density at radius 1 is 0.969 bits per heavy atom. The van der Waals surface area contributed by atoms with Crippen LogP contribution >= 0.6 is 0 Å². The smallest absolute Gasteiger partial charge is 0.271 e. The Morgan fingerprint density at radius 2 is 1.66 bits per heavy atom. The van der Waals surface area contributed by atoms with Gasteiger partial charge in [0.25, 0.3) is 15.9 Å². The number of nitrogens with zero attached hydrogens (tertiary/aromatic N) is 1. The van der Waals surface area contributed by atoms with Crippen LogP contribution < -0.4 is 14.9 Å². The number of amides is 1. The third-order valence-electron chi connectivity index (χ3n) is 4.48. The molecular formula is C24H25N3O4S. The van der Waals surface area contributed by atoms with Crippen molar-refractivity contribution in [3.05, 3.63) is 90.0 Å². The summed E-state index contributed by atoms with van der Waals surface area (Å²) in [7, 11) is -3.68. The first-order valence-corrected chi connectivity index (χ1v) is 11.7. The Bertz CT molecular complexity index is 1140. The molecule has 166 valence electrons. The minimum Gasteiger partial charge on any atom is -0.494 e. The summed E-state index contributed by atoms with van der Waals surface area (Å²) in [6.45, 7) is 2.80. The van der Waals surface area contributed by atoms with Crippen LogP contribution in [0.3, 0.4) is 0 Å². The fraction of sp³-hybridized carbons (Fsp3) is 0.167. The zero-order valence-corrected chi connectivity index (χ0v) is 18.5. The van der Waals surface area contributed by atoms with Crippen molar-refractivity contribution < 1.29 is 17.9 Å². The summed E-state index contributed by atoms with van der Waals surface area (Å²) in [5, 5.41) is 3.97. The number of hydrazone groups is 1. The van der Waals surface area contributed by atoms with Gasteiger partial charge in [-0.15, -0.1) is 0 Å². The summed E-state index contributed by atoms with van der Waals surface area (Å²) in [6, 6.07) is 21.6. The number of benzene rings is 3. The predicted molar refractivity (Wildman–Crippen MR) is 126 cm³/mol. The van der Waals surface area contributed by atoms with Gasteiger partial charge in [0, 0.05) is 11.3 Å². The molecule has 0 bridgehead atoms. The number of rotatable bonds is 10. The van der Waals surface area contributed by atoms with Gasteiger partial charge in [0.2, 0.25) is 0 Å². The first-order chi connectivity index (χ1) is 15.5. The molecule has 7 nitrogen and oxygen atoms in total. The monoisotopic (exact) mass is 451 g/mol. The van der Waals surface area contributed by atoms with Gasteiger partial charge in [-0.2, -0.15) is 5.10 Å². The molecule has 0 radical (unpaired) electrons. The van der Waals surface area contributed by atoms with Crippen molar-refractivity contribution in [1.29, 1.82) is 0 Å². The van der Waals surface area contributed by atoms with Crippen LogP contribution in [0.2, 0.25) is 0 Å². The van der Waals surface area contributed by atoms with E-state index in [1.54, 1.807) is 18.2 Å². The van der Waals surface area contributed by atoms with E-state index in [2.05, 4.69) is 22.2 Å². The minimum atomic E-state index is -3.68. The van der Waals surface area contributed by atoms with Crippen LogP contribution in [0.15, 0.2) is 88.9 Å². The highest BCUT2D eigenvalue weighted by atomic mass is 32.2. The standard InChI is InChI=1S/C24H25N3O4S/c1-2-3-17-31-22-15-9-19(10-16-22)18-25-26-24(28)20-11-13-21(14-12-20)27-32(29,30)23-7-5-4-6-8-23/h4-16,18,27H,2-3,17H2,1H3,(H,26,28). The first-order valence-electron chi connectivity index (χ1n) is 10.2. The van der Waals surface area contributed by atoms with E-state index in [0.717, 1.165) is 24.2 Å². The fourth-order valence-electron chi connectivity index (χ4n) is 2.72. The Kier molecular flexibility index (Phi) is 7.99. The van der Waals surface area contributed by atoms with E-state index in [0.29, 0.717) is 17.9 Å². The molecule has 8 heteroatoms. The number of hydrogen-bond donors (Lipinski definition) is 2. The van der Waals surface area contributed by atoms with Crippen LogP contribution in [0.25, 0.3) is 0 Å². The predicted octanol–water partition coefficient (Wildman–Crippen LogP) is 4.43. The van der Waals surface area contributed by atoms with Gasteiger partial charge in [0.1, 0.15) is 5.75 Å². The molecule has 3 rings (SSSR count). The van der Waals surface area contributed by atoms with E-state index in [1.165, 1.54) is 42.6 Å². The maximum Gasteiger partial charge on any atom is 0.271 e. The van der Waals surface area contributed by atoms with Crippen LogP contribution in [-0.4, -0.2) is 27.1 Å². The second-order valence-electron chi connectivity index (χ2n) is 6.97. The number of carbonyl (C=O) groups excluding carboxylic acids is 1. The molecular weight excluding hydrogens is 426 g/mol. The van der Waals surface area contributed by atoms with Gasteiger partial charge in [0.15, 0.2) is 0 Å². The molecule has 2 N–H and O–H groups in total. The summed E-state index contributed by atoms with van der Waals surface area (Å²) < 4.78 is 32.8. The van der Waals surface area contributed by atoms with E-state index in [4.69, 9.17) is 4.74 Å². The number of unbranched alkanes of at least 4 members (excludes halogenated alkanes) is 1. The van der Waals surface area contributed by atoms with E-state index < -0.39 is 15.9 Å². The fourth-order valence-corrected chi connectivity index (χ4v) is 3.80. The molecule has 0 heterocycles. The summed E-state index contributed by atoms with van der Waals surface area (Å²) in [6.07, 6.45) is 3.63. The van der Waals surface area contributed by atoms with Gasteiger partial charge in [-0.25, -0.2) is 13.8 Å². The van der Waals surface area contributed by atoms with Gasteiger partial charge in [-0.3, -0.25) is 9.52 Å². The van der Waals surface area contributed by atoms with Crippen molar-refractivity contribution in [1.82, 2.24) is 5.43 Å². The first kappa shape index (κ1) is 23.0. The van der Waals surface area contributed by atoms with Crippen molar-refractivity contribution in [2.24, 2.45) is 5.10 Å². The molecule has 3 aromatic carbocycles. The average molecular weight is 452 g/mol. The maximum absolute atomic E-state index is 12.4. The van der Waals surface area contributed by atoms with Crippen LogP contribution in [-0.2, 0) is 10.0 Å². The lowest BCUT2D eigenvalue weighted by Gasteiger charge is -2.08. The number of anilines is 1. The van der Waals surface area contributed by atoms with Crippen molar-refractivity contribution >= 4 is 27.8 Å². The molecule has 0 spiro atoms. The zero-order chi connectivity index (χ0) is 22.8. The zero-order valence-electron chi connectivity index (χ0n) is 17.7. The second kappa shape index (κ2) is 11.1. The Balaban J connectivity index is 1.53. The number of nitrogens with one attached hydrogen (secondary N) is 2. The lowest BCUT2D eigenvalue weighted by atomic mass is 10.2. The lowest BCUT2D eigenvalue weighted by Crippen LogP contribution is -2.18. The quantitative estimate of drug-likeness (QED) is 0.271. The highest BCUT2D eigenvalue weighted by molar-refractivity contribution is 7.92. The number of ether oxygens (including phenoxy) is 1. The topological polar surface area (TPSA) is 96.9 Å². The average Bonchev–Trinajstić information content (AvgIpc) is 2.81. The van der Waals surface area contributed by atoms with Crippen molar-refractivity contribution in [2.75, 3.05) is 11.3 Å². The summed E-state index contributed by atoms with van der Waals surface area (Å²) in [4.78, 5) is 12.4. The van der Waals surface area contributed by atoms with E-state index in [-0.39, 0.29) is 4.90 Å². The molecule has 0 aliphatic carbocycles. The molecule has 0 aliphatic rings. The lowest BCUT2D eigenvalue weighted by molar-refractivity contribution is 0.0955. The Hall–Kier alpha value is -3.65. The van der Waals surface area contributed by atoms with Crippen molar-refractivity contribution in [3.63, 3.8) is 0 Å². The summed E-state index contributed by atoms with van der Waals surface area (Å²) in [5.41, 5.74) is 3.98. The molecule has 3 aromatic rings. The molecule has 0 fully saturated rings. The van der Waals surface area contributed by atoms with E-state index in [1.807, 2.05) is 24.3 Å². The highest BCUT2D eigenvalue weighted by Crippen LogP contribution is 2.16. The molecule has 0 saturated heterocycles. The summed E-state index contributed by atoms with van der Waals surface area (Å²) in [5.74, 6) is 0.390. The Labute approximate surface area is 188 Å². The van der Waals surface area contributed by atoms with Gasteiger partial charge in [-0.1, -0.05) is 31.5 Å². The third kappa shape index (κ3) is 6.68. The Morgan fingerprint density at radius 3 is 2.31 bits per heavy atom. The van der Waals surface area contributed by atoms with E-state index in [9.17, 15) is 13.2 Å². The van der Waals surface area contributed by atoms with Crippen LogP contribution in [0.5, 0.6) is 5.75 Å². The van der Waals surface area contributed by atoms with Crippen molar-refractivity contribution in [3.8, 4) is 5.75 Å². The van der Waals surface area contributed by atoms with Gasteiger partial charge < -0.3 is 4.74 Å². The van der Waals surface area contributed by atoms with Crippen LogP contribution in [0.1, 0.15) is 35.7 Å². The summed E-state index contributed by atoms with van der Waals surface area (Å²) >= 11 is 0. The van der Waals surface area contributed by atoms with Gasteiger partial charge in [-0.05, 0) is 72.6 Å². The van der Waals surface area contributed by atoms with Crippen LogP contribution in [0.4, 0.5) is 5.69 Å². The number of carbonyl (C=O) groups is 1. The molecule has 1 amide bonds. The highest BCUT2D eigenvalue weighted by Gasteiger charge is 2.13. The molecule has 0 atom stereocenters. The second-order valence-corrected chi connectivity index (χ2v) is 8.65. The molecule has 32 heavy (non-hydrogen) atoms. The number of sulfonamides is 1. The molecule has 0 saturated carbocycles. The van der Waals surface area contributed by atoms with E-state index >= 15 is 0 Å². The largest absolute Gasteiger partial charge is 0.494 e. The maximum atomic E-state index is 12.4. The molecule has 0 aromatic heterocycles. The SMILES string of the molecule is CCCCOc1ccc(C=NNC(=O)c2ccc(NS(=O)(=O)c3ccccc3)cc2)cc1. The normalized spacial score (nSPS) is 11.3. The minimum absolute atomic E-state index is 0.164. The molecule has 0 aliphatic heterocycles. The van der Waals surface area contributed by atoms with Crippen molar-refractivity contribution in [2.45, 2.75) is 24.7 Å². The third-order valence-corrected chi connectivity index (χ3v) is 5.88. The van der Waals surface area contributed by atoms with Crippen LogP contribution in [0, 0.1) is 0 Å². The number of hydrogen-bond acceptors (Lipinski definition) is 5. The van der Waals surface area contributed by atoms with Gasteiger partial charge >= 0.3 is 0 Å². The van der Waals surface area contributed by atoms with Gasteiger partial charge in [0.05, 0.1) is 17.7 Å².